The van der Waals surface area contributed by atoms with Gasteiger partial charge < -0.3 is 5.11 Å². The third-order valence-corrected chi connectivity index (χ3v) is 4.91. The van der Waals surface area contributed by atoms with Gasteiger partial charge in [0.25, 0.3) is 5.56 Å². The van der Waals surface area contributed by atoms with E-state index in [0.717, 1.165) is 14.9 Å². The third-order valence-electron chi connectivity index (χ3n) is 3.80. The first kappa shape index (κ1) is 13.0. The number of rotatable bonds is 0. The highest BCUT2D eigenvalue weighted by molar-refractivity contribution is 7.24. The first-order valence-electron chi connectivity index (χ1n) is 6.78. The van der Waals surface area contributed by atoms with Crippen molar-refractivity contribution in [1.29, 1.82) is 0 Å². The number of aliphatic hydroxyl groups excluding tert-OH is 1. The van der Waals surface area contributed by atoms with Crippen LogP contribution < -0.4 is 16.2 Å². The topological polar surface area (TPSA) is 59.3 Å². The highest BCUT2D eigenvalue weighted by Gasteiger charge is 2.19. The van der Waals surface area contributed by atoms with Crippen LogP contribution in [0.15, 0.2) is 52.1 Å². The summed E-state index contributed by atoms with van der Waals surface area (Å²) < 4.78 is 3.35. The van der Waals surface area contributed by atoms with Gasteiger partial charge in [0.05, 0.1) is 20.6 Å². The number of aromatic nitrogens is 1. The second kappa shape index (κ2) is 4.42. The Kier molecular flexibility index (Phi) is 2.62. The van der Waals surface area contributed by atoms with Crippen molar-refractivity contribution in [3.05, 3.63) is 68.3 Å². The zero-order chi connectivity index (χ0) is 15.4. The van der Waals surface area contributed by atoms with E-state index in [4.69, 9.17) is 0 Å². The fourth-order valence-corrected chi connectivity index (χ4v) is 3.95. The Morgan fingerprint density at radius 1 is 1.05 bits per heavy atom. The van der Waals surface area contributed by atoms with E-state index in [1.54, 1.807) is 12.1 Å². The van der Waals surface area contributed by atoms with Crippen molar-refractivity contribution < 1.29 is 5.11 Å². The lowest BCUT2D eigenvalue weighted by Gasteiger charge is -2.16. The van der Waals surface area contributed by atoms with Crippen LogP contribution in [0.4, 0.5) is 0 Å². The number of aliphatic hydroxyl groups is 1. The molecule has 0 bridgehead atoms. The van der Waals surface area contributed by atoms with Crippen LogP contribution >= 0.6 is 11.3 Å². The van der Waals surface area contributed by atoms with Crippen LogP contribution in [-0.4, -0.2) is 9.67 Å². The molecule has 2 aromatic carbocycles. The van der Waals surface area contributed by atoms with E-state index < -0.39 is 11.0 Å². The standard InChI is InChI=1S/C17H11NO3S/c1-9(19)14-16(20)10-5-4-8-13-15(10)18(17(14)21)11-6-2-3-7-12(11)22-13/h2-8,19H,1H3/b14-9+. The quantitative estimate of drug-likeness (QED) is 0.401. The maximum Gasteiger partial charge on any atom is 0.270 e. The molecule has 0 saturated heterocycles. The van der Waals surface area contributed by atoms with Crippen LogP contribution in [0.2, 0.25) is 0 Å². The van der Waals surface area contributed by atoms with E-state index in [1.807, 2.05) is 30.3 Å². The zero-order valence-electron chi connectivity index (χ0n) is 11.7. The Morgan fingerprint density at radius 3 is 2.55 bits per heavy atom. The molecule has 2 aliphatic rings. The molecule has 4 nitrogen and oxygen atoms in total. The van der Waals surface area contributed by atoms with Crippen LogP contribution in [0, 0.1) is 0 Å². The van der Waals surface area contributed by atoms with Crippen LogP contribution in [0.25, 0.3) is 31.7 Å². The molecular formula is C17H11NO3S. The molecule has 2 aliphatic heterocycles. The van der Waals surface area contributed by atoms with Gasteiger partial charge in [-0.3, -0.25) is 14.2 Å². The van der Waals surface area contributed by atoms with Gasteiger partial charge in [0.15, 0.2) is 0 Å². The predicted octanol–water partition coefficient (Wildman–Crippen LogP) is 2.41. The van der Waals surface area contributed by atoms with Crippen LogP contribution in [0.5, 0.6) is 0 Å². The maximum absolute atomic E-state index is 12.8. The van der Waals surface area contributed by atoms with Crippen molar-refractivity contribution in [3.63, 3.8) is 0 Å². The predicted molar refractivity (Wildman–Crippen MR) is 89.3 cm³/mol. The molecule has 2 heterocycles. The Balaban J connectivity index is 2.53. The molecule has 0 saturated carbocycles. The third kappa shape index (κ3) is 1.57. The molecule has 1 N–H and O–H groups in total. The number of fused-ring (bicyclic) bond motifs is 2. The van der Waals surface area contributed by atoms with E-state index in [-0.39, 0.29) is 11.0 Å². The Hall–Kier alpha value is -2.66. The molecule has 0 amide bonds. The summed E-state index contributed by atoms with van der Waals surface area (Å²) in [4.78, 5) is 25.3. The number of benzene rings is 2. The average Bonchev–Trinajstić information content (AvgIpc) is 2.50. The van der Waals surface area contributed by atoms with Gasteiger partial charge in [0, 0.05) is 5.39 Å². The smallest absolute Gasteiger partial charge is 0.270 e. The number of nitrogens with zero attached hydrogens (tertiary/aromatic N) is 1. The number of para-hydroxylation sites is 2. The van der Waals surface area contributed by atoms with E-state index in [1.165, 1.54) is 22.8 Å². The molecule has 0 unspecified atom stereocenters. The summed E-state index contributed by atoms with van der Waals surface area (Å²) in [6.07, 6.45) is 0. The molecule has 0 fully saturated rings. The Bertz CT molecular complexity index is 1180. The number of hydrogen-bond donors (Lipinski definition) is 1. The first-order chi connectivity index (χ1) is 10.6. The summed E-state index contributed by atoms with van der Waals surface area (Å²) in [6, 6.07) is 12.9. The molecule has 22 heavy (non-hydrogen) atoms. The van der Waals surface area contributed by atoms with E-state index in [0.29, 0.717) is 11.1 Å². The number of pyridine rings is 1. The van der Waals surface area contributed by atoms with Crippen molar-refractivity contribution in [2.75, 3.05) is 0 Å². The average molecular weight is 309 g/mol. The molecule has 0 spiro atoms. The van der Waals surface area contributed by atoms with Crippen LogP contribution in [0.3, 0.4) is 0 Å². The fraction of sp³-hybridized carbons (Fsp3) is 0.0588. The minimum absolute atomic E-state index is 0.161. The lowest BCUT2D eigenvalue weighted by Crippen LogP contribution is -2.46. The van der Waals surface area contributed by atoms with Crippen molar-refractivity contribution in [3.8, 4) is 5.69 Å². The molecule has 108 valence electrons. The molecule has 2 aromatic rings. The lowest BCUT2D eigenvalue weighted by molar-refractivity contribution is 0.497. The summed E-state index contributed by atoms with van der Waals surface area (Å²) in [5.74, 6) is -0.248. The monoisotopic (exact) mass is 309 g/mol. The van der Waals surface area contributed by atoms with Gasteiger partial charge >= 0.3 is 0 Å². The summed E-state index contributed by atoms with van der Waals surface area (Å²) in [6.45, 7) is 1.37. The summed E-state index contributed by atoms with van der Waals surface area (Å²) in [5.41, 5.74) is 0.464. The van der Waals surface area contributed by atoms with Gasteiger partial charge in [-0.05, 0) is 31.2 Å². The molecule has 5 heteroatoms. The molecule has 0 radical (unpaired) electrons. The maximum atomic E-state index is 12.8. The molecular weight excluding hydrogens is 298 g/mol. The van der Waals surface area contributed by atoms with E-state index >= 15 is 0 Å². The van der Waals surface area contributed by atoms with Gasteiger partial charge in [-0.1, -0.05) is 18.2 Å². The van der Waals surface area contributed by atoms with Crippen molar-refractivity contribution in [2.24, 2.45) is 0 Å². The SMILES string of the molecule is C/C(O)=c1/c(=O)c2cccc3sc4ccccc4n(c1=O)-c32. The largest absolute Gasteiger partial charge is 0.512 e. The molecule has 0 atom stereocenters. The Morgan fingerprint density at radius 2 is 1.77 bits per heavy atom. The van der Waals surface area contributed by atoms with E-state index in [9.17, 15) is 14.7 Å². The van der Waals surface area contributed by atoms with Crippen molar-refractivity contribution in [1.82, 2.24) is 4.57 Å². The highest BCUT2D eigenvalue weighted by Crippen LogP contribution is 2.31. The van der Waals surface area contributed by atoms with Gasteiger partial charge in [0.2, 0.25) is 5.43 Å². The van der Waals surface area contributed by atoms with Crippen LogP contribution in [-0.2, 0) is 0 Å². The minimum atomic E-state index is -0.474. The minimum Gasteiger partial charge on any atom is -0.512 e. The number of hydrogen-bond acceptors (Lipinski definition) is 4. The van der Waals surface area contributed by atoms with Crippen molar-refractivity contribution in [2.45, 2.75) is 6.92 Å². The highest BCUT2D eigenvalue weighted by atomic mass is 32.1. The summed E-state index contributed by atoms with van der Waals surface area (Å²) >= 11 is 1.54. The van der Waals surface area contributed by atoms with Gasteiger partial charge in [-0.2, -0.15) is 0 Å². The van der Waals surface area contributed by atoms with Gasteiger partial charge in [-0.25, -0.2) is 0 Å². The lowest BCUT2D eigenvalue weighted by atomic mass is 10.1. The molecule has 0 aliphatic carbocycles. The molecule has 4 rings (SSSR count). The second-order valence-electron chi connectivity index (χ2n) is 5.15. The zero-order valence-corrected chi connectivity index (χ0v) is 12.5. The first-order valence-corrected chi connectivity index (χ1v) is 7.60. The van der Waals surface area contributed by atoms with E-state index in [2.05, 4.69) is 0 Å². The van der Waals surface area contributed by atoms with Crippen molar-refractivity contribution >= 4 is 37.4 Å². The fourth-order valence-electron chi connectivity index (χ4n) is 2.86. The summed E-state index contributed by atoms with van der Waals surface area (Å²) in [7, 11) is 0. The second-order valence-corrected chi connectivity index (χ2v) is 6.24. The van der Waals surface area contributed by atoms with Gasteiger partial charge in [-0.15, -0.1) is 11.3 Å². The normalized spacial score (nSPS) is 13.1. The Labute approximate surface area is 128 Å². The molecule has 0 aromatic heterocycles. The van der Waals surface area contributed by atoms with Crippen LogP contribution in [0.1, 0.15) is 6.92 Å². The summed E-state index contributed by atoms with van der Waals surface area (Å²) in [5, 5.41) is 10.1. The van der Waals surface area contributed by atoms with Gasteiger partial charge in [0.1, 0.15) is 11.0 Å².